The molecule has 324 valence electrons. The lowest BCUT2D eigenvalue weighted by molar-refractivity contribution is 0.670. The Morgan fingerprint density at radius 3 is 1.54 bits per heavy atom. The van der Waals surface area contributed by atoms with E-state index in [4.69, 9.17) is 4.42 Å². The summed E-state index contributed by atoms with van der Waals surface area (Å²) in [7, 11) is 0. The molecule has 0 unspecified atom stereocenters. The zero-order valence-electron chi connectivity index (χ0n) is 37.7. The molecule has 69 heavy (non-hydrogen) atoms. The van der Waals surface area contributed by atoms with E-state index in [9.17, 15) is 0 Å². The largest absolute Gasteiger partial charge is 0.455 e. The van der Waals surface area contributed by atoms with E-state index in [2.05, 4.69) is 270 Å². The Hall–Kier alpha value is -9.18. The molecule has 11 aromatic carbocycles. The Balaban J connectivity index is 0.900. The van der Waals surface area contributed by atoms with Gasteiger partial charge in [-0.3, -0.25) is 0 Å². The number of hydrogen-bond acceptors (Lipinski definition) is 2. The monoisotopic (exact) mass is 880 g/mol. The number of rotatable bonds is 9. The van der Waals surface area contributed by atoms with Gasteiger partial charge < -0.3 is 13.9 Å². The van der Waals surface area contributed by atoms with Gasteiger partial charge in [-0.05, 0) is 99.6 Å². The highest BCUT2D eigenvalue weighted by Gasteiger charge is 2.21. The fourth-order valence-electron chi connectivity index (χ4n) is 10.4. The number of furan rings is 1. The Morgan fingerprint density at radius 2 is 0.783 bits per heavy atom. The van der Waals surface area contributed by atoms with E-state index in [-0.39, 0.29) is 0 Å². The van der Waals surface area contributed by atoms with Crippen LogP contribution < -0.4 is 4.90 Å². The van der Waals surface area contributed by atoms with E-state index >= 15 is 0 Å². The van der Waals surface area contributed by atoms with Crippen molar-refractivity contribution in [1.82, 2.24) is 4.57 Å². The Morgan fingerprint density at radius 1 is 0.290 bits per heavy atom. The summed E-state index contributed by atoms with van der Waals surface area (Å²) in [5.41, 5.74) is 20.0. The lowest BCUT2D eigenvalue weighted by Gasteiger charge is -2.28. The third kappa shape index (κ3) is 7.08. The fourth-order valence-corrected chi connectivity index (χ4v) is 10.4. The van der Waals surface area contributed by atoms with Crippen LogP contribution >= 0.6 is 0 Å². The highest BCUT2D eigenvalue weighted by atomic mass is 16.3. The molecule has 0 saturated heterocycles. The van der Waals surface area contributed by atoms with Crippen molar-refractivity contribution in [3.8, 4) is 61.3 Å². The van der Waals surface area contributed by atoms with E-state index in [0.29, 0.717) is 0 Å². The molecule has 0 fully saturated rings. The Kier molecular flexibility index (Phi) is 9.84. The molecule has 0 spiro atoms. The SMILES string of the molecule is c1ccc(-c2cccc(-c3cccc(N(c4ccc(-c5ccc(-c6ccccc6-n6c7ccccc7c7ccccc76)cc5)cc4)c4ccccc4-c4cccc5c4oc4ccccc45)c3)c2)cc1. The lowest BCUT2D eigenvalue weighted by atomic mass is 9.97. The second kappa shape index (κ2) is 16.9. The highest BCUT2D eigenvalue weighted by Crippen LogP contribution is 2.46. The molecule has 0 radical (unpaired) electrons. The summed E-state index contributed by atoms with van der Waals surface area (Å²) in [5.74, 6) is 0. The second-order valence-electron chi connectivity index (χ2n) is 17.6. The number of aromatic nitrogens is 1. The number of fused-ring (bicyclic) bond motifs is 6. The van der Waals surface area contributed by atoms with Crippen molar-refractivity contribution >= 4 is 60.8 Å². The zero-order valence-corrected chi connectivity index (χ0v) is 37.7. The van der Waals surface area contributed by atoms with Crippen LogP contribution in [0.5, 0.6) is 0 Å². The van der Waals surface area contributed by atoms with E-state index < -0.39 is 0 Å². The topological polar surface area (TPSA) is 21.3 Å². The van der Waals surface area contributed by atoms with Crippen LogP contribution in [-0.4, -0.2) is 4.57 Å². The molecule has 3 nitrogen and oxygen atoms in total. The van der Waals surface area contributed by atoms with Crippen LogP contribution in [-0.2, 0) is 0 Å². The molecule has 3 heteroatoms. The van der Waals surface area contributed by atoms with Gasteiger partial charge in [0.15, 0.2) is 0 Å². The molecular formula is C66H44N2O. The molecule has 0 N–H and O–H groups in total. The number of benzene rings is 11. The van der Waals surface area contributed by atoms with Gasteiger partial charge in [0.1, 0.15) is 11.2 Å². The highest BCUT2D eigenvalue weighted by molar-refractivity contribution is 6.11. The number of hydrogen-bond donors (Lipinski definition) is 0. The van der Waals surface area contributed by atoms with Gasteiger partial charge in [-0.25, -0.2) is 0 Å². The van der Waals surface area contributed by atoms with Crippen LogP contribution in [0.15, 0.2) is 271 Å². The van der Waals surface area contributed by atoms with Crippen molar-refractivity contribution in [3.63, 3.8) is 0 Å². The van der Waals surface area contributed by atoms with Crippen LogP contribution in [0, 0.1) is 0 Å². The zero-order chi connectivity index (χ0) is 45.7. The Labute approximate surface area is 401 Å². The fraction of sp³-hybridized carbons (Fsp3) is 0. The van der Waals surface area contributed by atoms with Crippen molar-refractivity contribution < 1.29 is 4.42 Å². The normalized spacial score (nSPS) is 11.5. The molecule has 0 atom stereocenters. The summed E-state index contributed by atoms with van der Waals surface area (Å²) < 4.78 is 9.06. The van der Waals surface area contributed by atoms with Crippen molar-refractivity contribution in [2.24, 2.45) is 0 Å². The average Bonchev–Trinajstić information content (AvgIpc) is 3.98. The molecule has 13 aromatic rings. The first-order chi connectivity index (χ1) is 34.2. The van der Waals surface area contributed by atoms with Crippen LogP contribution in [0.25, 0.3) is 105 Å². The van der Waals surface area contributed by atoms with E-state index in [1.54, 1.807) is 0 Å². The molecule has 0 aliphatic carbocycles. The molecule has 0 amide bonds. The van der Waals surface area contributed by atoms with Gasteiger partial charge in [0.05, 0.1) is 22.4 Å². The average molecular weight is 881 g/mol. The minimum absolute atomic E-state index is 0.883. The molecule has 0 aliphatic heterocycles. The number of anilines is 3. The standard InChI is InChI=1S/C66H44N2O/c1-2-17-45(18-3-1)49-19-14-20-50(43-49)51-21-15-22-53(44-51)67(62-31-10-7-26-57(62)59-28-16-29-60-58-27-8-13-34-65(58)69-66(59)60)52-41-39-47(40-42-52)46-35-37-48(38-36-46)54-23-4-9-30-61(54)68-63-32-11-5-24-55(63)56-25-6-12-33-64(56)68/h1-44H. The minimum Gasteiger partial charge on any atom is -0.455 e. The van der Waals surface area contributed by atoms with Crippen molar-refractivity contribution in [2.75, 3.05) is 4.90 Å². The quantitative estimate of drug-likeness (QED) is 0.144. The molecule has 0 saturated carbocycles. The van der Waals surface area contributed by atoms with Gasteiger partial charge >= 0.3 is 0 Å². The van der Waals surface area contributed by atoms with Gasteiger partial charge in [-0.2, -0.15) is 0 Å². The second-order valence-corrected chi connectivity index (χ2v) is 17.6. The summed E-state index contributed by atoms with van der Waals surface area (Å²) in [4.78, 5) is 2.39. The van der Waals surface area contributed by atoms with E-state index in [0.717, 1.165) is 78.1 Å². The smallest absolute Gasteiger partial charge is 0.143 e. The van der Waals surface area contributed by atoms with Gasteiger partial charge in [-0.1, -0.05) is 206 Å². The molecule has 2 heterocycles. The van der Waals surface area contributed by atoms with Crippen molar-refractivity contribution in [3.05, 3.63) is 267 Å². The summed E-state index contributed by atoms with van der Waals surface area (Å²) in [6, 6.07) is 96.0. The summed E-state index contributed by atoms with van der Waals surface area (Å²) in [6.07, 6.45) is 0. The van der Waals surface area contributed by atoms with Crippen LogP contribution in [0.1, 0.15) is 0 Å². The molecule has 0 aliphatic rings. The molecule has 0 bridgehead atoms. The van der Waals surface area contributed by atoms with Crippen molar-refractivity contribution in [1.29, 1.82) is 0 Å². The maximum Gasteiger partial charge on any atom is 0.143 e. The van der Waals surface area contributed by atoms with Gasteiger partial charge in [0.2, 0.25) is 0 Å². The number of nitrogens with zero attached hydrogens (tertiary/aromatic N) is 2. The first-order valence-corrected chi connectivity index (χ1v) is 23.6. The van der Waals surface area contributed by atoms with Gasteiger partial charge in [0.25, 0.3) is 0 Å². The van der Waals surface area contributed by atoms with Gasteiger partial charge in [-0.15, -0.1) is 0 Å². The predicted octanol–water partition coefficient (Wildman–Crippen LogP) is 18.5. The maximum atomic E-state index is 6.65. The summed E-state index contributed by atoms with van der Waals surface area (Å²) in [6.45, 7) is 0. The predicted molar refractivity (Wildman–Crippen MR) is 290 cm³/mol. The van der Waals surface area contributed by atoms with Gasteiger partial charge in [0, 0.05) is 49.6 Å². The first-order valence-electron chi connectivity index (χ1n) is 23.6. The first kappa shape index (κ1) is 40.1. The lowest BCUT2D eigenvalue weighted by Crippen LogP contribution is -2.11. The molecular weight excluding hydrogens is 837 g/mol. The summed E-state index contributed by atoms with van der Waals surface area (Å²) >= 11 is 0. The van der Waals surface area contributed by atoms with E-state index in [1.807, 2.05) is 6.07 Å². The minimum atomic E-state index is 0.883. The maximum absolute atomic E-state index is 6.65. The van der Waals surface area contributed by atoms with Crippen LogP contribution in [0.4, 0.5) is 17.1 Å². The molecule has 2 aromatic heterocycles. The Bertz CT molecular complexity index is 3960. The molecule has 13 rings (SSSR count). The van der Waals surface area contributed by atoms with Crippen LogP contribution in [0.2, 0.25) is 0 Å². The summed E-state index contributed by atoms with van der Waals surface area (Å²) in [5, 5.41) is 4.74. The third-order valence-corrected chi connectivity index (χ3v) is 13.6. The number of para-hydroxylation sites is 6. The van der Waals surface area contributed by atoms with Crippen LogP contribution in [0.3, 0.4) is 0 Å². The van der Waals surface area contributed by atoms with E-state index in [1.165, 1.54) is 44.1 Å². The third-order valence-electron chi connectivity index (χ3n) is 13.6. The van der Waals surface area contributed by atoms with Crippen molar-refractivity contribution in [2.45, 2.75) is 0 Å².